The fourth-order valence-corrected chi connectivity index (χ4v) is 4.71. The van der Waals surface area contributed by atoms with Gasteiger partial charge in [0.05, 0.1) is 11.2 Å². The summed E-state index contributed by atoms with van der Waals surface area (Å²) in [6.07, 6.45) is 6.92. The number of benzene rings is 2. The van der Waals surface area contributed by atoms with E-state index in [0.29, 0.717) is 28.7 Å². The van der Waals surface area contributed by atoms with E-state index in [1.807, 2.05) is 72.8 Å². The van der Waals surface area contributed by atoms with Crippen molar-refractivity contribution in [2.24, 2.45) is 0 Å². The highest BCUT2D eigenvalue weighted by Gasteiger charge is 2.49. The number of para-hydroxylation sites is 1. The lowest BCUT2D eigenvalue weighted by atomic mass is 10.0. The second-order valence-corrected chi connectivity index (χ2v) is 8.67. The van der Waals surface area contributed by atoms with Crippen LogP contribution in [-0.4, -0.2) is 24.9 Å². The molecule has 2 aromatic carbocycles. The van der Waals surface area contributed by atoms with Crippen molar-refractivity contribution in [1.29, 1.82) is 0 Å². The second-order valence-electron chi connectivity index (χ2n) is 8.67. The Morgan fingerprint density at radius 1 is 0.622 bits per heavy atom. The number of aromatic nitrogens is 5. The topological polar surface area (TPSA) is 85.7 Å². The molecule has 0 fully saturated rings. The Morgan fingerprint density at radius 2 is 1.41 bits per heavy atom. The van der Waals surface area contributed by atoms with Crippen LogP contribution >= 0.6 is 0 Å². The molecule has 0 saturated heterocycles. The molecule has 0 aliphatic carbocycles. The number of pyridine rings is 3. The minimum Gasteiger partial charge on any atom is -0.450 e. The molecule has 0 amide bonds. The molecule has 4 aromatic heterocycles. The summed E-state index contributed by atoms with van der Waals surface area (Å²) >= 11 is 0. The maximum absolute atomic E-state index is 6.85. The van der Waals surface area contributed by atoms with Crippen LogP contribution in [0, 0.1) is 0 Å². The highest BCUT2D eigenvalue weighted by atomic mass is 16.5. The van der Waals surface area contributed by atoms with Gasteiger partial charge in [0, 0.05) is 35.6 Å². The van der Waals surface area contributed by atoms with Crippen molar-refractivity contribution in [3.05, 3.63) is 139 Å². The lowest BCUT2D eigenvalue weighted by Crippen LogP contribution is -2.42. The number of rotatable bonds is 4. The molecule has 0 saturated carbocycles. The van der Waals surface area contributed by atoms with Gasteiger partial charge in [-0.15, -0.1) is 0 Å². The maximum atomic E-state index is 6.85. The van der Waals surface area contributed by atoms with E-state index >= 15 is 0 Å². The molecule has 1 atom stereocenters. The van der Waals surface area contributed by atoms with Gasteiger partial charge in [0.1, 0.15) is 17.1 Å². The van der Waals surface area contributed by atoms with Crippen LogP contribution in [0.5, 0.6) is 0 Å². The Kier molecular flexibility index (Phi) is 4.85. The molecular formula is C30H20N6O. The van der Waals surface area contributed by atoms with Crippen LogP contribution in [-0.2, 0) is 10.5 Å². The molecule has 176 valence electrons. The summed E-state index contributed by atoms with van der Waals surface area (Å²) in [5.41, 5.74) is 2.32. The first kappa shape index (κ1) is 21.1. The standard InChI is InChI=1S/C30H20N6O/c1-3-10-22-20(8-1)15-19-32-26(22)27-28(24-14-13-21-9-2-4-11-23(21)35-24)37-30(36-27,25-12-5-6-16-31-25)29-33-17-7-18-34-29/h1-19,36H. The molecule has 0 bridgehead atoms. The molecule has 0 radical (unpaired) electrons. The third kappa shape index (κ3) is 3.48. The summed E-state index contributed by atoms with van der Waals surface area (Å²) in [6, 6.07) is 29.6. The van der Waals surface area contributed by atoms with Crippen molar-refractivity contribution in [3.8, 4) is 0 Å². The summed E-state index contributed by atoms with van der Waals surface area (Å²) < 4.78 is 6.85. The maximum Gasteiger partial charge on any atom is 0.285 e. The molecule has 1 N–H and O–H groups in total. The molecular weight excluding hydrogens is 460 g/mol. The summed E-state index contributed by atoms with van der Waals surface area (Å²) in [5.74, 6) is 0.981. The summed E-state index contributed by atoms with van der Waals surface area (Å²) in [6.45, 7) is 0. The van der Waals surface area contributed by atoms with Crippen molar-refractivity contribution in [3.63, 3.8) is 0 Å². The van der Waals surface area contributed by atoms with Crippen LogP contribution in [0.1, 0.15) is 22.9 Å². The van der Waals surface area contributed by atoms with E-state index in [4.69, 9.17) is 14.7 Å². The van der Waals surface area contributed by atoms with Crippen molar-refractivity contribution in [1.82, 2.24) is 30.2 Å². The van der Waals surface area contributed by atoms with Crippen LogP contribution in [0.25, 0.3) is 33.1 Å². The van der Waals surface area contributed by atoms with E-state index in [-0.39, 0.29) is 0 Å². The first-order valence-electron chi connectivity index (χ1n) is 11.9. The quantitative estimate of drug-likeness (QED) is 0.366. The van der Waals surface area contributed by atoms with E-state index in [1.54, 1.807) is 30.9 Å². The third-order valence-electron chi connectivity index (χ3n) is 6.43. The van der Waals surface area contributed by atoms with Crippen molar-refractivity contribution >= 4 is 33.1 Å². The molecule has 0 spiro atoms. The lowest BCUT2D eigenvalue weighted by molar-refractivity contribution is 0.0652. The predicted molar refractivity (Wildman–Crippen MR) is 142 cm³/mol. The van der Waals surface area contributed by atoms with Crippen LogP contribution in [0.3, 0.4) is 0 Å². The first-order chi connectivity index (χ1) is 18.3. The number of hydrogen-bond donors (Lipinski definition) is 1. The van der Waals surface area contributed by atoms with E-state index in [2.05, 4.69) is 32.4 Å². The molecule has 5 heterocycles. The molecule has 7 rings (SSSR count). The molecule has 1 aliphatic heterocycles. The number of ether oxygens (including phenoxy) is 1. The molecule has 6 aromatic rings. The Balaban J connectivity index is 1.51. The molecule has 7 heteroatoms. The molecule has 37 heavy (non-hydrogen) atoms. The van der Waals surface area contributed by atoms with Gasteiger partial charge < -0.3 is 10.1 Å². The first-order valence-corrected chi connectivity index (χ1v) is 11.9. The van der Waals surface area contributed by atoms with Gasteiger partial charge in [-0.25, -0.2) is 15.0 Å². The van der Waals surface area contributed by atoms with Gasteiger partial charge in [0.2, 0.25) is 5.82 Å². The normalized spacial score (nSPS) is 17.1. The monoisotopic (exact) mass is 480 g/mol. The van der Waals surface area contributed by atoms with E-state index in [0.717, 1.165) is 27.4 Å². The summed E-state index contributed by atoms with van der Waals surface area (Å²) in [7, 11) is 0. The highest BCUT2D eigenvalue weighted by molar-refractivity contribution is 5.99. The molecule has 1 unspecified atom stereocenters. The van der Waals surface area contributed by atoms with E-state index in [9.17, 15) is 0 Å². The van der Waals surface area contributed by atoms with Gasteiger partial charge >= 0.3 is 0 Å². The van der Waals surface area contributed by atoms with Gasteiger partial charge in [-0.3, -0.25) is 9.97 Å². The predicted octanol–water partition coefficient (Wildman–Crippen LogP) is 5.31. The SMILES string of the molecule is c1ccc(C2(c3ncccn3)NC(c3nccc4ccccc34)=C(c3ccc4ccccc4n3)O2)nc1. The number of hydrogen-bond acceptors (Lipinski definition) is 7. The fourth-order valence-electron chi connectivity index (χ4n) is 4.71. The molecule has 7 nitrogen and oxygen atoms in total. The number of fused-ring (bicyclic) bond motifs is 2. The van der Waals surface area contributed by atoms with E-state index in [1.165, 1.54) is 0 Å². The Morgan fingerprint density at radius 3 is 2.27 bits per heavy atom. The molecule has 1 aliphatic rings. The third-order valence-corrected chi connectivity index (χ3v) is 6.43. The number of nitrogens with zero attached hydrogens (tertiary/aromatic N) is 5. The van der Waals surface area contributed by atoms with Crippen molar-refractivity contribution in [2.45, 2.75) is 5.72 Å². The fraction of sp³-hybridized carbons (Fsp3) is 0.0333. The van der Waals surface area contributed by atoms with Crippen molar-refractivity contribution in [2.75, 3.05) is 0 Å². The van der Waals surface area contributed by atoms with Gasteiger partial charge in [-0.05, 0) is 41.8 Å². The van der Waals surface area contributed by atoms with Gasteiger partial charge in [0.25, 0.3) is 5.72 Å². The zero-order chi connectivity index (χ0) is 24.7. The minimum atomic E-state index is -1.28. The zero-order valence-corrected chi connectivity index (χ0v) is 19.6. The van der Waals surface area contributed by atoms with E-state index < -0.39 is 5.72 Å². The largest absolute Gasteiger partial charge is 0.450 e. The lowest BCUT2D eigenvalue weighted by Gasteiger charge is -2.28. The van der Waals surface area contributed by atoms with Crippen molar-refractivity contribution < 1.29 is 4.74 Å². The Bertz CT molecular complexity index is 1740. The number of nitrogens with one attached hydrogen (secondary N) is 1. The Hall–Kier alpha value is -5.17. The zero-order valence-electron chi connectivity index (χ0n) is 19.6. The summed E-state index contributed by atoms with van der Waals surface area (Å²) in [4.78, 5) is 23.5. The second kappa shape index (κ2) is 8.49. The minimum absolute atomic E-state index is 0.433. The van der Waals surface area contributed by atoms with Gasteiger partial charge in [-0.2, -0.15) is 0 Å². The smallest absolute Gasteiger partial charge is 0.285 e. The average molecular weight is 481 g/mol. The summed E-state index contributed by atoms with van der Waals surface area (Å²) in [5, 5.41) is 6.71. The average Bonchev–Trinajstić information content (AvgIpc) is 3.39. The Labute approximate surface area is 212 Å². The van der Waals surface area contributed by atoms with Gasteiger partial charge in [-0.1, -0.05) is 54.6 Å². The van der Waals surface area contributed by atoms with Gasteiger partial charge in [0.15, 0.2) is 5.76 Å². The van der Waals surface area contributed by atoms with Crippen LogP contribution < -0.4 is 5.32 Å². The highest BCUT2D eigenvalue weighted by Crippen LogP contribution is 2.44. The van der Waals surface area contributed by atoms with Crippen LogP contribution in [0.2, 0.25) is 0 Å². The van der Waals surface area contributed by atoms with Crippen LogP contribution in [0.4, 0.5) is 0 Å². The van der Waals surface area contributed by atoms with Crippen LogP contribution in [0.15, 0.2) is 116 Å².